The number of amidine groups is 1. The second kappa shape index (κ2) is 3.08. The number of hydrogen-bond acceptors (Lipinski definition) is 3. The first kappa shape index (κ1) is 8.10. The number of aliphatic imine (C=N–C) groups is 1. The van der Waals surface area contributed by atoms with E-state index in [0.29, 0.717) is 11.5 Å². The number of carbonyl (C=O) groups excluding carboxylic acids is 1. The third kappa shape index (κ3) is 1.49. The Hall–Kier alpha value is -1.52. The first-order valence-electron chi connectivity index (χ1n) is 4.26. The van der Waals surface area contributed by atoms with Crippen LogP contribution in [-0.2, 0) is 0 Å². The van der Waals surface area contributed by atoms with Gasteiger partial charge in [-0.15, -0.1) is 5.11 Å². The fourth-order valence-electron chi connectivity index (χ4n) is 1.51. The Morgan fingerprint density at radius 2 is 1.92 bits per heavy atom. The summed E-state index contributed by atoms with van der Waals surface area (Å²) in [5.41, 5.74) is 0.488. The van der Waals surface area contributed by atoms with E-state index >= 15 is 0 Å². The smallest absolute Gasteiger partial charge is 0.355 e. The van der Waals surface area contributed by atoms with Crippen molar-refractivity contribution in [2.45, 2.75) is 12.8 Å². The summed E-state index contributed by atoms with van der Waals surface area (Å²) >= 11 is 0. The minimum absolute atomic E-state index is 0.488. The summed E-state index contributed by atoms with van der Waals surface area (Å²) in [7, 11) is 0. The molecule has 0 unspecified atom stereocenters. The Morgan fingerprint density at radius 1 is 1.23 bits per heavy atom. The number of carbonyl (C=O) groups is 1. The Kier molecular flexibility index (Phi) is 1.92. The fourth-order valence-corrected chi connectivity index (χ4v) is 1.51. The highest BCUT2D eigenvalue weighted by molar-refractivity contribution is 6.05. The molecule has 2 amide bonds. The van der Waals surface area contributed by atoms with Crippen molar-refractivity contribution >= 4 is 11.9 Å². The van der Waals surface area contributed by atoms with E-state index in [-0.39, 0.29) is 0 Å². The van der Waals surface area contributed by atoms with Crippen LogP contribution in [0.4, 0.5) is 4.79 Å². The van der Waals surface area contributed by atoms with Gasteiger partial charge in [0.2, 0.25) is 0 Å². The molecule has 0 bridgehead atoms. The third-order valence-corrected chi connectivity index (χ3v) is 2.12. The summed E-state index contributed by atoms with van der Waals surface area (Å²) < 4.78 is 0. The lowest BCUT2D eigenvalue weighted by atomic mass is 10.4. The van der Waals surface area contributed by atoms with E-state index in [1.807, 2.05) is 4.90 Å². The minimum Gasteiger partial charge on any atom is -0.355 e. The van der Waals surface area contributed by atoms with Crippen LogP contribution in [0.1, 0.15) is 12.8 Å². The lowest BCUT2D eigenvalue weighted by Crippen LogP contribution is -2.30. The zero-order chi connectivity index (χ0) is 9.26. The molecule has 0 saturated carbocycles. The van der Waals surface area contributed by atoms with Crippen molar-refractivity contribution < 1.29 is 4.79 Å². The van der Waals surface area contributed by atoms with Gasteiger partial charge in [0.05, 0.1) is 0 Å². The summed E-state index contributed by atoms with van der Waals surface area (Å²) in [6.45, 7) is 5.55. The molecule has 1 saturated heterocycles. The maximum Gasteiger partial charge on any atom is 0.387 e. The van der Waals surface area contributed by atoms with Gasteiger partial charge in [0.1, 0.15) is 5.70 Å². The van der Waals surface area contributed by atoms with Gasteiger partial charge >= 0.3 is 6.03 Å². The summed E-state index contributed by atoms with van der Waals surface area (Å²) in [4.78, 5) is 16.7. The van der Waals surface area contributed by atoms with E-state index < -0.39 is 6.03 Å². The molecule has 0 aromatic rings. The molecule has 0 spiro atoms. The Balaban J connectivity index is 2.21. The molecule has 0 aliphatic carbocycles. The minimum atomic E-state index is -0.533. The highest BCUT2D eigenvalue weighted by Crippen LogP contribution is 2.16. The lowest BCUT2D eigenvalue weighted by Gasteiger charge is -2.19. The van der Waals surface area contributed by atoms with Crippen LogP contribution in [0, 0.1) is 0 Å². The van der Waals surface area contributed by atoms with E-state index in [1.54, 1.807) is 0 Å². The molecule has 2 rings (SSSR count). The standard InChI is InChI=1S/C8H10N4O/c1-6-7(9-8(13)11-10-6)12-4-2-3-5-12/h1-5H2. The van der Waals surface area contributed by atoms with Crippen LogP contribution in [0.5, 0.6) is 0 Å². The Bertz CT molecular complexity index is 312. The van der Waals surface area contributed by atoms with Gasteiger partial charge in [-0.3, -0.25) is 0 Å². The van der Waals surface area contributed by atoms with Crippen molar-refractivity contribution in [3.8, 4) is 0 Å². The molecule has 2 aliphatic heterocycles. The van der Waals surface area contributed by atoms with E-state index in [2.05, 4.69) is 21.8 Å². The lowest BCUT2D eigenvalue weighted by molar-refractivity contribution is 0.255. The first-order chi connectivity index (χ1) is 6.27. The van der Waals surface area contributed by atoms with Crippen LogP contribution in [0.25, 0.3) is 0 Å². The molecule has 0 aromatic heterocycles. The number of rotatable bonds is 0. The highest BCUT2D eigenvalue weighted by atomic mass is 16.2. The Labute approximate surface area is 75.9 Å². The van der Waals surface area contributed by atoms with Crippen molar-refractivity contribution in [2.24, 2.45) is 15.2 Å². The van der Waals surface area contributed by atoms with Crippen LogP contribution < -0.4 is 0 Å². The molecule has 1 fully saturated rings. The molecule has 2 aliphatic rings. The SMILES string of the molecule is C=C1N=NC(=O)N=C1N1CCCC1. The van der Waals surface area contributed by atoms with Crippen LogP contribution in [0.3, 0.4) is 0 Å². The normalized spacial score (nSPS) is 22.5. The first-order valence-corrected chi connectivity index (χ1v) is 4.26. The Morgan fingerprint density at radius 3 is 2.62 bits per heavy atom. The maximum atomic E-state index is 10.9. The number of nitrogens with zero attached hydrogens (tertiary/aromatic N) is 4. The summed E-state index contributed by atoms with van der Waals surface area (Å²) in [6.07, 6.45) is 2.27. The van der Waals surface area contributed by atoms with E-state index in [4.69, 9.17) is 0 Å². The van der Waals surface area contributed by atoms with Gasteiger partial charge < -0.3 is 4.90 Å². The van der Waals surface area contributed by atoms with Crippen molar-refractivity contribution in [1.29, 1.82) is 0 Å². The quantitative estimate of drug-likeness (QED) is 0.565. The highest BCUT2D eigenvalue weighted by Gasteiger charge is 2.22. The molecular weight excluding hydrogens is 168 g/mol. The second-order valence-electron chi connectivity index (χ2n) is 3.06. The molecule has 0 radical (unpaired) electrons. The molecule has 5 nitrogen and oxygen atoms in total. The largest absolute Gasteiger partial charge is 0.387 e. The molecule has 2 heterocycles. The number of azo groups is 1. The fraction of sp³-hybridized carbons (Fsp3) is 0.500. The third-order valence-electron chi connectivity index (χ3n) is 2.12. The molecular formula is C8H10N4O. The van der Waals surface area contributed by atoms with Crippen molar-refractivity contribution in [1.82, 2.24) is 4.90 Å². The zero-order valence-corrected chi connectivity index (χ0v) is 7.23. The molecule has 13 heavy (non-hydrogen) atoms. The van der Waals surface area contributed by atoms with Crippen molar-refractivity contribution in [2.75, 3.05) is 13.1 Å². The van der Waals surface area contributed by atoms with E-state index in [0.717, 1.165) is 25.9 Å². The average Bonchev–Trinajstić information content (AvgIpc) is 2.61. The monoisotopic (exact) mass is 178 g/mol. The summed E-state index contributed by atoms with van der Waals surface area (Å²) in [5.74, 6) is 0.595. The zero-order valence-electron chi connectivity index (χ0n) is 7.23. The average molecular weight is 178 g/mol. The summed E-state index contributed by atoms with van der Waals surface area (Å²) in [6, 6.07) is -0.533. The molecule has 68 valence electrons. The van der Waals surface area contributed by atoms with E-state index in [9.17, 15) is 4.79 Å². The van der Waals surface area contributed by atoms with Gasteiger partial charge in [0.15, 0.2) is 5.84 Å². The van der Waals surface area contributed by atoms with Gasteiger partial charge in [-0.25, -0.2) is 4.79 Å². The predicted octanol–water partition coefficient (Wildman–Crippen LogP) is 1.58. The number of hydrogen-bond donors (Lipinski definition) is 0. The van der Waals surface area contributed by atoms with Gasteiger partial charge in [-0.05, 0) is 12.8 Å². The van der Waals surface area contributed by atoms with Crippen molar-refractivity contribution in [3.63, 3.8) is 0 Å². The van der Waals surface area contributed by atoms with Gasteiger partial charge in [-0.1, -0.05) is 11.7 Å². The van der Waals surface area contributed by atoms with Crippen LogP contribution in [0.15, 0.2) is 27.5 Å². The maximum absolute atomic E-state index is 10.9. The molecule has 0 N–H and O–H groups in total. The molecule has 5 heteroatoms. The van der Waals surface area contributed by atoms with Gasteiger partial charge in [-0.2, -0.15) is 4.99 Å². The number of amides is 2. The number of urea groups is 1. The summed E-state index contributed by atoms with van der Waals surface area (Å²) in [5, 5.41) is 6.95. The van der Waals surface area contributed by atoms with Crippen LogP contribution in [-0.4, -0.2) is 29.9 Å². The van der Waals surface area contributed by atoms with Crippen LogP contribution >= 0.6 is 0 Å². The molecule has 0 atom stereocenters. The van der Waals surface area contributed by atoms with E-state index in [1.165, 1.54) is 0 Å². The number of likely N-dealkylation sites (tertiary alicyclic amines) is 1. The van der Waals surface area contributed by atoms with Crippen LogP contribution in [0.2, 0.25) is 0 Å². The second-order valence-corrected chi connectivity index (χ2v) is 3.06. The molecule has 0 aromatic carbocycles. The topological polar surface area (TPSA) is 57.4 Å². The van der Waals surface area contributed by atoms with Gasteiger partial charge in [0.25, 0.3) is 0 Å². The predicted molar refractivity (Wildman–Crippen MR) is 47.6 cm³/mol. The van der Waals surface area contributed by atoms with Gasteiger partial charge in [0, 0.05) is 13.1 Å². The van der Waals surface area contributed by atoms with Crippen molar-refractivity contribution in [3.05, 3.63) is 12.3 Å².